The van der Waals surface area contributed by atoms with E-state index in [1.807, 2.05) is 0 Å². The highest BCUT2D eigenvalue weighted by Crippen LogP contribution is 2.19. The number of nitrogens with one attached hydrogen (secondary N) is 1. The Bertz CT molecular complexity index is 410. The summed E-state index contributed by atoms with van der Waals surface area (Å²) in [5, 5.41) is 2.36. The van der Waals surface area contributed by atoms with Gasteiger partial charge in [-0.2, -0.15) is 0 Å². The van der Waals surface area contributed by atoms with Gasteiger partial charge in [0.2, 0.25) is 5.91 Å². The predicted octanol–water partition coefficient (Wildman–Crippen LogP) is -0.296. The Hall–Kier alpha value is -1.92. The fourth-order valence-corrected chi connectivity index (χ4v) is 1.58. The minimum atomic E-state index is -1.46. The number of para-hydroxylation sites is 1. The van der Waals surface area contributed by atoms with Crippen LogP contribution in [0.15, 0.2) is 30.3 Å². The van der Waals surface area contributed by atoms with Crippen molar-refractivity contribution in [2.45, 2.75) is 12.2 Å². The molecule has 6 heteroatoms. The molecule has 3 amide bonds. The fourth-order valence-electron chi connectivity index (χ4n) is 1.58. The van der Waals surface area contributed by atoms with Crippen molar-refractivity contribution in [1.82, 2.24) is 5.32 Å². The average Bonchev–Trinajstić information content (AvgIpc) is 2.16. The Morgan fingerprint density at radius 2 is 1.81 bits per heavy atom. The molecule has 1 fully saturated rings. The minimum absolute atomic E-state index is 0.131. The molecule has 5 N–H and O–H groups in total. The molecule has 0 saturated carbocycles. The summed E-state index contributed by atoms with van der Waals surface area (Å²) >= 11 is 0. The molecule has 0 aromatic heterocycles. The highest BCUT2D eigenvalue weighted by molar-refractivity contribution is 6.16. The van der Waals surface area contributed by atoms with Gasteiger partial charge in [-0.15, -0.1) is 0 Å². The van der Waals surface area contributed by atoms with Crippen LogP contribution in [0.2, 0.25) is 0 Å². The zero-order chi connectivity index (χ0) is 11.8. The molecule has 1 aliphatic heterocycles. The predicted molar refractivity (Wildman–Crippen MR) is 58.2 cm³/mol. The third-order valence-corrected chi connectivity index (χ3v) is 2.25. The molecule has 1 aliphatic rings. The summed E-state index contributed by atoms with van der Waals surface area (Å²) in [6, 6.07) is 8.00. The van der Waals surface area contributed by atoms with Crippen LogP contribution in [0.3, 0.4) is 0 Å². The lowest BCUT2D eigenvalue weighted by Crippen LogP contribution is -2.71. The highest BCUT2D eigenvalue weighted by atomic mass is 16.2. The van der Waals surface area contributed by atoms with Gasteiger partial charge in [0, 0.05) is 0 Å². The molecule has 1 heterocycles. The lowest BCUT2D eigenvalue weighted by Gasteiger charge is -2.35. The van der Waals surface area contributed by atoms with Crippen molar-refractivity contribution < 1.29 is 9.59 Å². The summed E-state index contributed by atoms with van der Waals surface area (Å²) in [5.41, 5.74) is 11.5. The molecule has 0 aliphatic carbocycles. The molecule has 0 unspecified atom stereocenters. The van der Waals surface area contributed by atoms with E-state index in [0.29, 0.717) is 5.69 Å². The van der Waals surface area contributed by atoms with Crippen molar-refractivity contribution in [1.29, 1.82) is 0 Å². The van der Waals surface area contributed by atoms with E-state index >= 15 is 0 Å². The van der Waals surface area contributed by atoms with Crippen LogP contribution in [0, 0.1) is 0 Å². The van der Waals surface area contributed by atoms with Crippen molar-refractivity contribution in [3.8, 4) is 0 Å². The van der Waals surface area contributed by atoms with Crippen LogP contribution < -0.4 is 21.7 Å². The van der Waals surface area contributed by atoms with E-state index in [9.17, 15) is 9.59 Å². The van der Waals surface area contributed by atoms with Crippen LogP contribution in [0.5, 0.6) is 0 Å². The number of rotatable bonds is 1. The van der Waals surface area contributed by atoms with Crippen molar-refractivity contribution in [3.63, 3.8) is 0 Å². The summed E-state index contributed by atoms with van der Waals surface area (Å²) < 4.78 is 0. The Balaban J connectivity index is 2.31. The van der Waals surface area contributed by atoms with Gasteiger partial charge >= 0.3 is 6.03 Å². The Morgan fingerprint density at radius 3 is 2.38 bits per heavy atom. The van der Waals surface area contributed by atoms with E-state index in [2.05, 4.69) is 5.32 Å². The molecule has 84 valence electrons. The van der Waals surface area contributed by atoms with Crippen molar-refractivity contribution in [2.24, 2.45) is 11.5 Å². The number of nitrogens with zero attached hydrogens (tertiary/aromatic N) is 1. The Labute approximate surface area is 92.2 Å². The molecule has 16 heavy (non-hydrogen) atoms. The zero-order valence-corrected chi connectivity index (χ0v) is 8.51. The molecule has 1 aromatic carbocycles. The topological polar surface area (TPSA) is 101 Å². The second-order valence-corrected chi connectivity index (χ2v) is 3.71. The largest absolute Gasteiger partial charge is 0.331 e. The maximum atomic E-state index is 11.7. The molecule has 0 radical (unpaired) electrons. The van der Waals surface area contributed by atoms with Gasteiger partial charge in [-0.3, -0.25) is 16.3 Å². The summed E-state index contributed by atoms with van der Waals surface area (Å²) in [6.07, 6.45) is -0.131. The van der Waals surface area contributed by atoms with E-state index in [0.717, 1.165) is 4.90 Å². The van der Waals surface area contributed by atoms with Crippen LogP contribution in [0.25, 0.3) is 0 Å². The number of carbonyl (C=O) groups excluding carboxylic acids is 2. The van der Waals surface area contributed by atoms with Crippen LogP contribution in [-0.4, -0.2) is 17.7 Å². The number of imide groups is 1. The summed E-state index contributed by atoms with van der Waals surface area (Å²) in [6.45, 7) is 0. The van der Waals surface area contributed by atoms with Crippen molar-refractivity contribution in [2.75, 3.05) is 4.90 Å². The SMILES string of the molecule is NC1(N)CC(=O)N(c2ccccc2)C(=O)N1. The van der Waals surface area contributed by atoms with E-state index in [4.69, 9.17) is 11.5 Å². The number of urea groups is 1. The molecular weight excluding hydrogens is 208 g/mol. The first-order chi connectivity index (χ1) is 7.49. The van der Waals surface area contributed by atoms with E-state index < -0.39 is 17.7 Å². The molecule has 0 spiro atoms. The smallest absolute Gasteiger partial charge is 0.306 e. The number of nitrogens with two attached hydrogens (primary N) is 2. The quantitative estimate of drug-likeness (QED) is 0.566. The van der Waals surface area contributed by atoms with E-state index in [1.165, 1.54) is 0 Å². The number of anilines is 1. The maximum absolute atomic E-state index is 11.7. The van der Waals surface area contributed by atoms with E-state index in [-0.39, 0.29) is 6.42 Å². The summed E-state index contributed by atoms with van der Waals surface area (Å²) in [4.78, 5) is 24.4. The molecule has 2 rings (SSSR count). The lowest BCUT2D eigenvalue weighted by atomic mass is 10.1. The van der Waals surface area contributed by atoms with Gasteiger partial charge in [-0.25, -0.2) is 9.69 Å². The van der Waals surface area contributed by atoms with E-state index in [1.54, 1.807) is 30.3 Å². The summed E-state index contributed by atoms with van der Waals surface area (Å²) in [5.74, 6) is -1.88. The molecule has 0 atom stereocenters. The number of amides is 3. The number of benzene rings is 1. The van der Waals surface area contributed by atoms with Gasteiger partial charge in [0.25, 0.3) is 0 Å². The van der Waals surface area contributed by atoms with Gasteiger partial charge < -0.3 is 5.32 Å². The number of hydrogen-bond donors (Lipinski definition) is 3. The number of carbonyl (C=O) groups is 2. The second-order valence-electron chi connectivity index (χ2n) is 3.71. The third kappa shape index (κ3) is 1.88. The van der Waals surface area contributed by atoms with Gasteiger partial charge in [0.1, 0.15) is 0 Å². The summed E-state index contributed by atoms with van der Waals surface area (Å²) in [7, 11) is 0. The third-order valence-electron chi connectivity index (χ3n) is 2.25. The number of hydrogen-bond acceptors (Lipinski definition) is 4. The first-order valence-electron chi connectivity index (χ1n) is 4.77. The molecule has 1 aromatic rings. The van der Waals surface area contributed by atoms with Crippen LogP contribution in [0.4, 0.5) is 10.5 Å². The Kier molecular flexibility index (Phi) is 2.37. The molecule has 0 bridgehead atoms. The minimum Gasteiger partial charge on any atom is -0.306 e. The van der Waals surface area contributed by atoms with Crippen molar-refractivity contribution >= 4 is 17.6 Å². The normalized spacial score (nSPS) is 19.5. The first-order valence-corrected chi connectivity index (χ1v) is 4.77. The van der Waals surface area contributed by atoms with Crippen molar-refractivity contribution in [3.05, 3.63) is 30.3 Å². The van der Waals surface area contributed by atoms with Crippen LogP contribution in [-0.2, 0) is 4.79 Å². The zero-order valence-electron chi connectivity index (χ0n) is 8.51. The lowest BCUT2D eigenvalue weighted by molar-refractivity contribution is -0.120. The maximum Gasteiger partial charge on any atom is 0.331 e. The van der Waals surface area contributed by atoms with Crippen LogP contribution in [0.1, 0.15) is 6.42 Å². The molecular formula is C10H12N4O2. The fraction of sp³-hybridized carbons (Fsp3) is 0.200. The van der Waals surface area contributed by atoms with Gasteiger partial charge in [-0.05, 0) is 12.1 Å². The first kappa shape index (κ1) is 10.6. The second kappa shape index (κ2) is 3.58. The van der Waals surface area contributed by atoms with Gasteiger partial charge in [0.15, 0.2) is 5.79 Å². The monoisotopic (exact) mass is 220 g/mol. The molecule has 6 nitrogen and oxygen atoms in total. The highest BCUT2D eigenvalue weighted by Gasteiger charge is 2.38. The standard InChI is InChI=1S/C10H12N4O2/c11-10(12)6-8(15)14(9(16)13-10)7-4-2-1-3-5-7/h1-5H,6,11-12H2,(H,13,16). The van der Waals surface area contributed by atoms with Crippen LogP contribution >= 0.6 is 0 Å². The van der Waals surface area contributed by atoms with Gasteiger partial charge in [-0.1, -0.05) is 18.2 Å². The average molecular weight is 220 g/mol. The Morgan fingerprint density at radius 1 is 1.19 bits per heavy atom. The van der Waals surface area contributed by atoms with Gasteiger partial charge in [0.05, 0.1) is 12.1 Å². The molecule has 1 saturated heterocycles.